The van der Waals surface area contributed by atoms with E-state index in [-0.39, 0.29) is 17.6 Å². The van der Waals surface area contributed by atoms with Crippen LogP contribution in [0.2, 0.25) is 0 Å². The summed E-state index contributed by atoms with van der Waals surface area (Å²) in [5.74, 6) is -0.340. The van der Waals surface area contributed by atoms with E-state index in [0.717, 1.165) is 6.42 Å². The summed E-state index contributed by atoms with van der Waals surface area (Å²) in [4.78, 5) is 41.2. The Morgan fingerprint density at radius 3 is 2.52 bits per heavy atom. The fraction of sp³-hybridized carbons (Fsp3) is 0.316. The van der Waals surface area contributed by atoms with Crippen molar-refractivity contribution in [2.45, 2.75) is 33.6 Å². The van der Waals surface area contributed by atoms with Gasteiger partial charge in [0.2, 0.25) is 5.91 Å². The molecular weight excluding hydrogens is 318 g/mol. The van der Waals surface area contributed by atoms with Gasteiger partial charge in [-0.3, -0.25) is 14.4 Å². The van der Waals surface area contributed by atoms with Crippen molar-refractivity contribution in [2.75, 3.05) is 16.8 Å². The molecule has 1 aromatic carbocycles. The molecule has 2 N–H and O–H groups in total. The van der Waals surface area contributed by atoms with E-state index in [1.54, 1.807) is 24.8 Å². The average molecular weight is 339 g/mol. The number of hydrogen-bond donors (Lipinski definition) is 2. The third-order valence-corrected chi connectivity index (χ3v) is 4.53. The SMILES string of the molecule is CC(=O)c1c(C)[nH]c(C(=O)Nc2ccccc2N2CCCC2=O)c1C. The molecule has 0 spiro atoms. The minimum absolute atomic E-state index is 0.0625. The zero-order valence-corrected chi connectivity index (χ0v) is 14.6. The van der Waals surface area contributed by atoms with E-state index < -0.39 is 0 Å². The van der Waals surface area contributed by atoms with E-state index in [1.807, 2.05) is 18.2 Å². The first-order valence-corrected chi connectivity index (χ1v) is 8.31. The van der Waals surface area contributed by atoms with Gasteiger partial charge < -0.3 is 15.2 Å². The Hall–Kier alpha value is -2.89. The summed E-state index contributed by atoms with van der Waals surface area (Å²) in [6.45, 7) is 5.67. The highest BCUT2D eigenvalue weighted by atomic mass is 16.2. The Bertz CT molecular complexity index is 867. The molecule has 3 rings (SSSR count). The number of H-pyrrole nitrogens is 1. The summed E-state index contributed by atoms with van der Waals surface area (Å²) in [5.41, 5.74) is 3.51. The predicted molar refractivity (Wildman–Crippen MR) is 96.3 cm³/mol. The number of benzene rings is 1. The molecule has 1 fully saturated rings. The Morgan fingerprint density at radius 1 is 1.20 bits per heavy atom. The molecule has 2 heterocycles. The Labute approximate surface area is 146 Å². The van der Waals surface area contributed by atoms with E-state index in [0.29, 0.717) is 46.9 Å². The van der Waals surface area contributed by atoms with Crippen LogP contribution in [0.15, 0.2) is 24.3 Å². The van der Waals surface area contributed by atoms with Gasteiger partial charge in [-0.05, 0) is 44.9 Å². The van der Waals surface area contributed by atoms with Gasteiger partial charge >= 0.3 is 0 Å². The maximum atomic E-state index is 12.7. The first-order valence-electron chi connectivity index (χ1n) is 8.31. The van der Waals surface area contributed by atoms with Gasteiger partial charge in [0.25, 0.3) is 5.91 Å². The quantitative estimate of drug-likeness (QED) is 0.839. The van der Waals surface area contributed by atoms with Crippen LogP contribution < -0.4 is 10.2 Å². The van der Waals surface area contributed by atoms with E-state index >= 15 is 0 Å². The van der Waals surface area contributed by atoms with E-state index in [1.165, 1.54) is 6.92 Å². The molecule has 6 nitrogen and oxygen atoms in total. The lowest BCUT2D eigenvalue weighted by Gasteiger charge is -2.19. The lowest BCUT2D eigenvalue weighted by molar-refractivity contribution is -0.117. The van der Waals surface area contributed by atoms with Gasteiger partial charge in [0.1, 0.15) is 5.69 Å². The van der Waals surface area contributed by atoms with E-state index in [2.05, 4.69) is 10.3 Å². The zero-order chi connectivity index (χ0) is 18.1. The number of aryl methyl sites for hydroxylation is 1. The Kier molecular flexibility index (Phi) is 4.44. The van der Waals surface area contributed by atoms with Crippen LogP contribution in [0.25, 0.3) is 0 Å². The molecule has 0 bridgehead atoms. The van der Waals surface area contributed by atoms with Crippen LogP contribution >= 0.6 is 0 Å². The maximum Gasteiger partial charge on any atom is 0.272 e. The number of para-hydroxylation sites is 2. The number of carbonyl (C=O) groups is 3. The number of hydrogen-bond acceptors (Lipinski definition) is 3. The highest BCUT2D eigenvalue weighted by molar-refractivity contribution is 6.10. The molecule has 0 radical (unpaired) electrons. The summed E-state index contributed by atoms with van der Waals surface area (Å²) in [6, 6.07) is 7.25. The molecule has 2 aromatic rings. The number of nitrogens with one attached hydrogen (secondary N) is 2. The molecule has 1 saturated heterocycles. The summed E-state index contributed by atoms with van der Waals surface area (Å²) in [7, 11) is 0. The van der Waals surface area contributed by atoms with Crippen LogP contribution in [-0.4, -0.2) is 29.1 Å². The number of anilines is 2. The van der Waals surface area contributed by atoms with Crippen molar-refractivity contribution in [2.24, 2.45) is 0 Å². The molecule has 25 heavy (non-hydrogen) atoms. The zero-order valence-electron chi connectivity index (χ0n) is 14.6. The van der Waals surface area contributed by atoms with Gasteiger partial charge in [-0.2, -0.15) is 0 Å². The molecule has 1 aliphatic rings. The van der Waals surface area contributed by atoms with Gasteiger partial charge in [-0.25, -0.2) is 0 Å². The van der Waals surface area contributed by atoms with Crippen molar-refractivity contribution in [3.8, 4) is 0 Å². The van der Waals surface area contributed by atoms with Gasteiger partial charge in [-0.15, -0.1) is 0 Å². The number of carbonyl (C=O) groups excluding carboxylic acids is 3. The smallest absolute Gasteiger partial charge is 0.272 e. The Balaban J connectivity index is 1.91. The number of amides is 2. The molecule has 130 valence electrons. The standard InChI is InChI=1S/C19H21N3O3/c1-11-17(13(3)23)12(2)20-18(11)19(25)21-14-7-4-5-8-15(14)22-10-6-9-16(22)24/h4-5,7-8,20H,6,9-10H2,1-3H3,(H,21,25). The summed E-state index contributed by atoms with van der Waals surface area (Å²) in [5, 5.41) is 2.87. The molecule has 0 unspecified atom stereocenters. The van der Waals surface area contributed by atoms with Crippen molar-refractivity contribution in [1.29, 1.82) is 0 Å². The van der Waals surface area contributed by atoms with Crippen LogP contribution in [0, 0.1) is 13.8 Å². The maximum absolute atomic E-state index is 12.7. The van der Waals surface area contributed by atoms with Crippen LogP contribution in [-0.2, 0) is 4.79 Å². The average Bonchev–Trinajstić information content (AvgIpc) is 3.11. The molecule has 1 aromatic heterocycles. The van der Waals surface area contributed by atoms with Gasteiger partial charge in [-0.1, -0.05) is 12.1 Å². The molecule has 2 amide bonds. The number of Topliss-reactive ketones (excluding diaryl/α,β-unsaturated/α-hetero) is 1. The molecule has 1 aliphatic heterocycles. The molecule has 0 atom stereocenters. The number of rotatable bonds is 4. The molecule has 0 saturated carbocycles. The number of aromatic nitrogens is 1. The third kappa shape index (κ3) is 3.07. The van der Waals surface area contributed by atoms with Crippen LogP contribution in [0.4, 0.5) is 11.4 Å². The largest absolute Gasteiger partial charge is 0.354 e. The van der Waals surface area contributed by atoms with Gasteiger partial charge in [0.15, 0.2) is 5.78 Å². The van der Waals surface area contributed by atoms with Crippen molar-refractivity contribution in [3.63, 3.8) is 0 Å². The second kappa shape index (κ2) is 6.55. The Morgan fingerprint density at radius 2 is 1.92 bits per heavy atom. The lowest BCUT2D eigenvalue weighted by Crippen LogP contribution is -2.25. The first kappa shape index (κ1) is 17.0. The monoisotopic (exact) mass is 339 g/mol. The minimum atomic E-state index is -0.327. The van der Waals surface area contributed by atoms with Crippen molar-refractivity contribution in [1.82, 2.24) is 4.98 Å². The highest BCUT2D eigenvalue weighted by Gasteiger charge is 2.25. The number of ketones is 1. The predicted octanol–water partition coefficient (Wildman–Crippen LogP) is 3.21. The third-order valence-electron chi connectivity index (χ3n) is 4.53. The second-order valence-corrected chi connectivity index (χ2v) is 6.30. The van der Waals surface area contributed by atoms with Crippen molar-refractivity contribution < 1.29 is 14.4 Å². The fourth-order valence-corrected chi connectivity index (χ4v) is 3.41. The van der Waals surface area contributed by atoms with Crippen molar-refractivity contribution >= 4 is 29.0 Å². The van der Waals surface area contributed by atoms with Crippen molar-refractivity contribution in [3.05, 3.63) is 46.8 Å². The van der Waals surface area contributed by atoms with Gasteiger partial charge in [0.05, 0.1) is 11.4 Å². The molecule has 6 heteroatoms. The number of nitrogens with zero attached hydrogens (tertiary/aromatic N) is 1. The van der Waals surface area contributed by atoms with E-state index in [9.17, 15) is 14.4 Å². The van der Waals surface area contributed by atoms with Crippen LogP contribution in [0.5, 0.6) is 0 Å². The normalized spacial score (nSPS) is 14.0. The van der Waals surface area contributed by atoms with Crippen LogP contribution in [0.3, 0.4) is 0 Å². The minimum Gasteiger partial charge on any atom is -0.354 e. The lowest BCUT2D eigenvalue weighted by atomic mass is 10.1. The first-order chi connectivity index (χ1) is 11.9. The summed E-state index contributed by atoms with van der Waals surface area (Å²) >= 11 is 0. The van der Waals surface area contributed by atoms with E-state index in [4.69, 9.17) is 0 Å². The molecular formula is C19H21N3O3. The number of aromatic amines is 1. The second-order valence-electron chi connectivity index (χ2n) is 6.30. The topological polar surface area (TPSA) is 82.3 Å². The highest BCUT2D eigenvalue weighted by Crippen LogP contribution is 2.30. The summed E-state index contributed by atoms with van der Waals surface area (Å²) < 4.78 is 0. The fourth-order valence-electron chi connectivity index (χ4n) is 3.41. The van der Waals surface area contributed by atoms with Gasteiger partial charge in [0, 0.05) is 24.2 Å². The summed E-state index contributed by atoms with van der Waals surface area (Å²) in [6.07, 6.45) is 1.34. The van der Waals surface area contributed by atoms with Crippen LogP contribution in [0.1, 0.15) is 51.9 Å². The molecule has 0 aliphatic carbocycles.